The molecule has 0 aliphatic rings. The van der Waals surface area contributed by atoms with E-state index in [1.165, 1.54) is 6.07 Å². The molecule has 0 spiro atoms. The van der Waals surface area contributed by atoms with Gasteiger partial charge in [0.05, 0.1) is 5.52 Å². The summed E-state index contributed by atoms with van der Waals surface area (Å²) in [6.45, 7) is 4.06. The Kier molecular flexibility index (Phi) is 3.20. The van der Waals surface area contributed by atoms with Gasteiger partial charge in [0.25, 0.3) is 5.56 Å². The Morgan fingerprint density at radius 2 is 1.86 bits per heavy atom. The summed E-state index contributed by atoms with van der Waals surface area (Å²) in [5.41, 5.74) is 6.06. The average Bonchev–Trinajstić information content (AvgIpc) is 2.47. The summed E-state index contributed by atoms with van der Waals surface area (Å²) in [6.07, 6.45) is 0. The quantitative estimate of drug-likeness (QED) is 0.713. The summed E-state index contributed by atoms with van der Waals surface area (Å²) in [5, 5.41) is 1.54. The van der Waals surface area contributed by atoms with E-state index in [-0.39, 0.29) is 22.6 Å². The molecule has 0 atom stereocenters. The third-order valence-electron chi connectivity index (χ3n) is 3.86. The molecule has 0 fully saturated rings. The van der Waals surface area contributed by atoms with E-state index in [9.17, 15) is 14.0 Å². The fraction of sp³-hybridized carbons (Fsp3) is 0.176. The monoisotopic (exact) mass is 298 g/mol. The molecule has 2 aromatic carbocycles. The van der Waals surface area contributed by atoms with E-state index in [0.29, 0.717) is 16.2 Å². The molecular weight excluding hydrogens is 283 g/mol. The second kappa shape index (κ2) is 4.94. The van der Waals surface area contributed by atoms with Crippen LogP contribution in [0.25, 0.3) is 21.7 Å². The molecule has 112 valence electrons. The van der Waals surface area contributed by atoms with Gasteiger partial charge in [0.15, 0.2) is 0 Å². The minimum atomic E-state index is -0.709. The lowest BCUT2D eigenvalue weighted by molar-refractivity contribution is 0.1000. The Balaban J connectivity index is 2.48. The number of carbonyl (C=O) groups excluding carboxylic acids is 1. The van der Waals surface area contributed by atoms with Crippen LogP contribution >= 0.6 is 0 Å². The van der Waals surface area contributed by atoms with Crippen LogP contribution in [0.5, 0.6) is 0 Å². The van der Waals surface area contributed by atoms with Crippen molar-refractivity contribution in [2.24, 2.45) is 5.73 Å². The predicted molar refractivity (Wildman–Crippen MR) is 84.6 cm³/mol. The normalized spacial score (nSPS) is 11.5. The largest absolute Gasteiger partial charge is 0.366 e. The van der Waals surface area contributed by atoms with Crippen molar-refractivity contribution in [2.45, 2.75) is 19.8 Å². The Bertz CT molecular complexity index is 974. The molecule has 22 heavy (non-hydrogen) atoms. The number of benzene rings is 2. The molecule has 1 aromatic heterocycles. The highest BCUT2D eigenvalue weighted by Gasteiger charge is 2.13. The molecule has 0 unspecified atom stereocenters. The van der Waals surface area contributed by atoms with Crippen molar-refractivity contribution in [2.75, 3.05) is 0 Å². The highest BCUT2D eigenvalue weighted by Crippen LogP contribution is 2.27. The summed E-state index contributed by atoms with van der Waals surface area (Å²) < 4.78 is 14.1. The van der Waals surface area contributed by atoms with Crippen LogP contribution in [0.1, 0.15) is 35.7 Å². The van der Waals surface area contributed by atoms with Gasteiger partial charge in [0.1, 0.15) is 5.82 Å². The van der Waals surface area contributed by atoms with E-state index in [1.54, 1.807) is 12.1 Å². The van der Waals surface area contributed by atoms with Crippen molar-refractivity contribution in [3.63, 3.8) is 0 Å². The molecule has 3 aromatic rings. The van der Waals surface area contributed by atoms with Crippen molar-refractivity contribution in [1.29, 1.82) is 0 Å². The third kappa shape index (κ3) is 2.15. The van der Waals surface area contributed by atoms with Crippen LogP contribution in [0.3, 0.4) is 0 Å². The maximum Gasteiger partial charge on any atom is 0.256 e. The zero-order valence-corrected chi connectivity index (χ0v) is 12.2. The Morgan fingerprint density at radius 3 is 2.50 bits per heavy atom. The topological polar surface area (TPSA) is 75.9 Å². The Labute approximate surface area is 125 Å². The van der Waals surface area contributed by atoms with Crippen LogP contribution in [0.4, 0.5) is 4.39 Å². The number of rotatable bonds is 2. The van der Waals surface area contributed by atoms with Gasteiger partial charge in [0, 0.05) is 16.3 Å². The predicted octanol–water partition coefficient (Wildman–Crippen LogP) is 3.04. The molecule has 3 N–H and O–H groups in total. The number of hydrogen-bond acceptors (Lipinski definition) is 2. The third-order valence-corrected chi connectivity index (χ3v) is 3.86. The van der Waals surface area contributed by atoms with Crippen LogP contribution < -0.4 is 11.3 Å². The number of pyridine rings is 1. The summed E-state index contributed by atoms with van der Waals surface area (Å²) in [4.78, 5) is 26.1. The first kappa shape index (κ1) is 14.3. The minimum Gasteiger partial charge on any atom is -0.366 e. The Morgan fingerprint density at radius 1 is 1.14 bits per heavy atom. The van der Waals surface area contributed by atoms with Crippen molar-refractivity contribution in [3.05, 3.63) is 57.6 Å². The number of H-pyrrole nitrogens is 1. The van der Waals surface area contributed by atoms with Gasteiger partial charge in [-0.2, -0.15) is 0 Å². The minimum absolute atomic E-state index is 0.0753. The second-order valence-corrected chi connectivity index (χ2v) is 5.66. The van der Waals surface area contributed by atoms with Gasteiger partial charge in [-0.25, -0.2) is 4.39 Å². The van der Waals surface area contributed by atoms with Crippen molar-refractivity contribution >= 4 is 27.6 Å². The number of amides is 1. The summed E-state index contributed by atoms with van der Waals surface area (Å²) in [7, 11) is 0. The molecule has 0 radical (unpaired) electrons. The molecule has 0 bridgehead atoms. The van der Waals surface area contributed by atoms with Crippen LogP contribution in [0.15, 0.2) is 35.1 Å². The molecule has 5 heteroatoms. The van der Waals surface area contributed by atoms with E-state index in [4.69, 9.17) is 5.73 Å². The first-order valence-electron chi connectivity index (χ1n) is 6.97. The average molecular weight is 298 g/mol. The van der Waals surface area contributed by atoms with E-state index < -0.39 is 11.7 Å². The van der Waals surface area contributed by atoms with Crippen LogP contribution in [-0.2, 0) is 0 Å². The van der Waals surface area contributed by atoms with Crippen LogP contribution in [-0.4, -0.2) is 10.9 Å². The lowest BCUT2D eigenvalue weighted by Gasteiger charge is -2.10. The fourth-order valence-electron chi connectivity index (χ4n) is 2.61. The molecule has 0 saturated carbocycles. The zero-order chi connectivity index (χ0) is 16.0. The van der Waals surface area contributed by atoms with Gasteiger partial charge >= 0.3 is 0 Å². The molecular formula is C17H15FN2O2. The van der Waals surface area contributed by atoms with E-state index >= 15 is 0 Å². The number of aromatic amines is 1. The van der Waals surface area contributed by atoms with E-state index in [0.717, 1.165) is 11.6 Å². The lowest BCUT2D eigenvalue weighted by Crippen LogP contribution is -2.13. The number of primary amides is 1. The molecule has 3 rings (SSSR count). The molecule has 4 nitrogen and oxygen atoms in total. The van der Waals surface area contributed by atoms with Crippen molar-refractivity contribution < 1.29 is 9.18 Å². The number of fused-ring (bicyclic) bond motifs is 3. The Hall–Kier alpha value is -2.69. The van der Waals surface area contributed by atoms with Gasteiger partial charge in [-0.05, 0) is 35.1 Å². The standard InChI is InChI=1S/C17H15FN2O2/c1-8(2)9-3-4-11-12-6-10(16(19)21)7-14(18)15(12)20-17(22)13(11)5-9/h3-8H,1-2H3,(H2,19,21)(H,20,22). The first-order valence-corrected chi connectivity index (χ1v) is 6.97. The van der Waals surface area contributed by atoms with Crippen molar-refractivity contribution in [1.82, 2.24) is 4.98 Å². The smallest absolute Gasteiger partial charge is 0.256 e. The lowest BCUT2D eigenvalue weighted by atomic mass is 9.97. The first-order chi connectivity index (χ1) is 10.4. The van der Waals surface area contributed by atoms with Crippen LogP contribution in [0.2, 0.25) is 0 Å². The van der Waals surface area contributed by atoms with Gasteiger partial charge in [-0.3, -0.25) is 9.59 Å². The molecule has 0 aliphatic carbocycles. The fourth-order valence-corrected chi connectivity index (χ4v) is 2.61. The summed E-state index contributed by atoms with van der Waals surface area (Å²) >= 11 is 0. The highest BCUT2D eigenvalue weighted by atomic mass is 19.1. The van der Waals surface area contributed by atoms with E-state index in [2.05, 4.69) is 4.98 Å². The zero-order valence-electron chi connectivity index (χ0n) is 12.2. The SMILES string of the molecule is CC(C)c1ccc2c(c1)c(=O)[nH]c1c(F)cc(C(N)=O)cc12. The van der Waals surface area contributed by atoms with E-state index in [1.807, 2.05) is 19.9 Å². The van der Waals surface area contributed by atoms with Gasteiger partial charge in [-0.1, -0.05) is 26.0 Å². The summed E-state index contributed by atoms with van der Waals surface area (Å²) in [5.74, 6) is -1.11. The van der Waals surface area contributed by atoms with Gasteiger partial charge in [-0.15, -0.1) is 0 Å². The number of halogens is 1. The number of hydrogen-bond donors (Lipinski definition) is 2. The summed E-state index contributed by atoms with van der Waals surface area (Å²) in [6, 6.07) is 8.03. The maximum atomic E-state index is 14.1. The maximum absolute atomic E-state index is 14.1. The van der Waals surface area contributed by atoms with Crippen molar-refractivity contribution in [3.8, 4) is 0 Å². The number of aromatic nitrogens is 1. The van der Waals surface area contributed by atoms with Gasteiger partial charge in [0.2, 0.25) is 5.91 Å². The van der Waals surface area contributed by atoms with Gasteiger partial charge < -0.3 is 10.7 Å². The highest BCUT2D eigenvalue weighted by molar-refractivity contribution is 6.08. The second-order valence-electron chi connectivity index (χ2n) is 5.66. The molecule has 0 saturated heterocycles. The molecule has 1 amide bonds. The molecule has 0 aliphatic heterocycles. The van der Waals surface area contributed by atoms with Crippen LogP contribution in [0, 0.1) is 5.82 Å². The number of carbonyl (C=O) groups is 1. The number of nitrogens with one attached hydrogen (secondary N) is 1. The number of nitrogens with two attached hydrogens (primary N) is 1. The molecule has 1 heterocycles.